The van der Waals surface area contributed by atoms with Gasteiger partial charge in [-0.05, 0) is 12.8 Å². The second-order valence-electron chi connectivity index (χ2n) is 2.10. The zero-order chi connectivity index (χ0) is 5.11. The van der Waals surface area contributed by atoms with Gasteiger partial charge in [-0.2, -0.15) is 0 Å². The Morgan fingerprint density at radius 3 is 1.75 bits per heavy atom. The van der Waals surface area contributed by atoms with Gasteiger partial charge in [-0.25, -0.2) is 0 Å². The number of ketones is 1. The van der Waals surface area contributed by atoms with Crippen molar-refractivity contribution in [1.29, 1.82) is 0 Å². The molecule has 2 heteroatoms. The molecule has 0 aromatic rings. The van der Waals surface area contributed by atoms with Crippen LogP contribution in [0.15, 0.2) is 0 Å². The van der Waals surface area contributed by atoms with E-state index in [1.54, 1.807) is 0 Å². The molecule has 0 heterocycles. The second-order valence-corrected chi connectivity index (χ2v) is 2.10. The first-order valence-electron chi connectivity index (χ1n) is 2.91. The first-order chi connectivity index (χ1) is 3.39. The number of carbonyl (C=O) groups is 1. The molecule has 0 spiro atoms. The summed E-state index contributed by atoms with van der Waals surface area (Å²) in [5.74, 6) is 0.464. The average molecular weight is 157 g/mol. The van der Waals surface area contributed by atoms with E-state index in [0.29, 0.717) is 5.78 Å². The quantitative estimate of drug-likeness (QED) is 0.521. The molecule has 0 unspecified atom stereocenters. The zero-order valence-corrected chi connectivity index (χ0v) is 5.82. The van der Waals surface area contributed by atoms with E-state index in [1.807, 2.05) is 0 Å². The standard InChI is InChI=1S/C6H10O.Co/c7-6-4-2-1-3-5-6;/h1-5H2;. The fourth-order valence-corrected chi connectivity index (χ4v) is 0.946. The average Bonchev–Trinajstić information content (AvgIpc) is 1.69. The first-order valence-corrected chi connectivity index (χ1v) is 2.91. The summed E-state index contributed by atoms with van der Waals surface area (Å²) in [4.78, 5) is 10.5. The molecule has 0 N–H and O–H groups in total. The molecular weight excluding hydrogens is 147 g/mol. The number of hydrogen-bond acceptors (Lipinski definition) is 1. The topological polar surface area (TPSA) is 17.1 Å². The van der Waals surface area contributed by atoms with Gasteiger partial charge in [0.15, 0.2) is 0 Å². The molecule has 0 aromatic heterocycles. The molecule has 0 amide bonds. The summed E-state index contributed by atoms with van der Waals surface area (Å²) >= 11 is 0. The van der Waals surface area contributed by atoms with Crippen molar-refractivity contribution in [1.82, 2.24) is 0 Å². The van der Waals surface area contributed by atoms with Crippen molar-refractivity contribution in [3.05, 3.63) is 0 Å². The zero-order valence-electron chi connectivity index (χ0n) is 4.78. The minimum atomic E-state index is 0. The van der Waals surface area contributed by atoms with E-state index >= 15 is 0 Å². The van der Waals surface area contributed by atoms with Crippen LogP contribution in [0, 0.1) is 0 Å². The molecule has 1 nitrogen and oxygen atoms in total. The fraction of sp³-hybridized carbons (Fsp3) is 0.833. The summed E-state index contributed by atoms with van der Waals surface area (Å²) in [6.07, 6.45) is 5.24. The fourth-order valence-electron chi connectivity index (χ4n) is 0.946. The van der Waals surface area contributed by atoms with E-state index < -0.39 is 0 Å². The molecule has 1 saturated carbocycles. The summed E-state index contributed by atoms with van der Waals surface area (Å²) in [7, 11) is 0. The Labute approximate surface area is 60.0 Å². The minimum Gasteiger partial charge on any atom is -0.300 e. The maximum Gasteiger partial charge on any atom is 0.132 e. The Kier molecular flexibility index (Phi) is 4.19. The summed E-state index contributed by atoms with van der Waals surface area (Å²) in [5, 5.41) is 0. The van der Waals surface area contributed by atoms with E-state index in [4.69, 9.17) is 0 Å². The van der Waals surface area contributed by atoms with E-state index in [9.17, 15) is 4.79 Å². The summed E-state index contributed by atoms with van der Waals surface area (Å²) in [6.45, 7) is 0. The normalized spacial score (nSPS) is 19.8. The van der Waals surface area contributed by atoms with Gasteiger partial charge >= 0.3 is 0 Å². The summed E-state index contributed by atoms with van der Waals surface area (Å²) < 4.78 is 0. The molecule has 0 saturated heterocycles. The van der Waals surface area contributed by atoms with Gasteiger partial charge in [-0.15, -0.1) is 0 Å². The third-order valence-electron chi connectivity index (χ3n) is 1.41. The Balaban J connectivity index is 0.000000490. The predicted molar refractivity (Wildman–Crippen MR) is 28.1 cm³/mol. The summed E-state index contributed by atoms with van der Waals surface area (Å²) in [5.41, 5.74) is 0. The van der Waals surface area contributed by atoms with Crippen LogP contribution in [0.2, 0.25) is 0 Å². The van der Waals surface area contributed by atoms with Crippen LogP contribution >= 0.6 is 0 Å². The van der Waals surface area contributed by atoms with Crippen LogP contribution in [0.4, 0.5) is 0 Å². The van der Waals surface area contributed by atoms with Crippen molar-refractivity contribution in [2.75, 3.05) is 0 Å². The molecule has 1 rings (SSSR count). The molecule has 1 fully saturated rings. The first kappa shape index (κ1) is 8.18. The molecule has 1 aliphatic rings. The van der Waals surface area contributed by atoms with Crippen LogP contribution in [0.5, 0.6) is 0 Å². The molecule has 1 radical (unpaired) electrons. The van der Waals surface area contributed by atoms with Gasteiger partial charge in [0.1, 0.15) is 5.78 Å². The SMILES string of the molecule is O=C1CCCCC1.[Co]. The Hall–Kier alpha value is 0.176. The number of hydrogen-bond donors (Lipinski definition) is 0. The van der Waals surface area contributed by atoms with Crippen LogP contribution in [0.3, 0.4) is 0 Å². The van der Waals surface area contributed by atoms with E-state index in [2.05, 4.69) is 0 Å². The van der Waals surface area contributed by atoms with Crippen LogP contribution in [-0.4, -0.2) is 5.78 Å². The molecular formula is C6H10CoO. The van der Waals surface area contributed by atoms with Gasteiger partial charge in [0.2, 0.25) is 0 Å². The van der Waals surface area contributed by atoms with Crippen molar-refractivity contribution >= 4 is 5.78 Å². The van der Waals surface area contributed by atoms with Gasteiger partial charge in [-0.1, -0.05) is 6.42 Å². The maximum atomic E-state index is 10.5. The third-order valence-corrected chi connectivity index (χ3v) is 1.41. The molecule has 0 aromatic carbocycles. The van der Waals surface area contributed by atoms with Gasteiger partial charge in [0, 0.05) is 29.6 Å². The van der Waals surface area contributed by atoms with E-state index in [-0.39, 0.29) is 16.8 Å². The van der Waals surface area contributed by atoms with Crippen LogP contribution in [0.1, 0.15) is 32.1 Å². The summed E-state index contributed by atoms with van der Waals surface area (Å²) in [6, 6.07) is 0. The Bertz CT molecular complexity index is 72.6. The van der Waals surface area contributed by atoms with Crippen LogP contribution in [-0.2, 0) is 21.6 Å². The van der Waals surface area contributed by atoms with Crippen molar-refractivity contribution in [2.24, 2.45) is 0 Å². The van der Waals surface area contributed by atoms with Crippen molar-refractivity contribution in [3.8, 4) is 0 Å². The van der Waals surface area contributed by atoms with E-state index in [0.717, 1.165) is 25.7 Å². The molecule has 0 aliphatic heterocycles. The number of rotatable bonds is 0. The van der Waals surface area contributed by atoms with Crippen LogP contribution in [0.25, 0.3) is 0 Å². The third kappa shape index (κ3) is 2.48. The smallest absolute Gasteiger partial charge is 0.132 e. The molecule has 0 bridgehead atoms. The molecule has 8 heavy (non-hydrogen) atoms. The van der Waals surface area contributed by atoms with Crippen LogP contribution < -0.4 is 0 Å². The Morgan fingerprint density at radius 1 is 1.00 bits per heavy atom. The molecule has 0 atom stereocenters. The van der Waals surface area contributed by atoms with Gasteiger partial charge in [-0.3, -0.25) is 4.79 Å². The van der Waals surface area contributed by atoms with Gasteiger partial charge in [0.05, 0.1) is 0 Å². The number of carbonyl (C=O) groups excluding carboxylic acids is 1. The maximum absolute atomic E-state index is 10.5. The second kappa shape index (κ2) is 4.10. The van der Waals surface area contributed by atoms with Crippen molar-refractivity contribution < 1.29 is 21.6 Å². The predicted octanol–water partition coefficient (Wildman–Crippen LogP) is 1.52. The van der Waals surface area contributed by atoms with E-state index in [1.165, 1.54) is 6.42 Å². The molecule has 49 valence electrons. The Morgan fingerprint density at radius 2 is 1.50 bits per heavy atom. The number of Topliss-reactive ketones (excluding diaryl/α,β-unsaturated/α-hetero) is 1. The monoisotopic (exact) mass is 157 g/mol. The van der Waals surface area contributed by atoms with Gasteiger partial charge < -0.3 is 0 Å². The van der Waals surface area contributed by atoms with Crippen molar-refractivity contribution in [2.45, 2.75) is 32.1 Å². The minimum absolute atomic E-state index is 0. The largest absolute Gasteiger partial charge is 0.300 e. The van der Waals surface area contributed by atoms with Crippen molar-refractivity contribution in [3.63, 3.8) is 0 Å². The van der Waals surface area contributed by atoms with Gasteiger partial charge in [0.25, 0.3) is 0 Å². The molecule has 1 aliphatic carbocycles.